The van der Waals surface area contributed by atoms with Gasteiger partial charge in [0.15, 0.2) is 12.3 Å². The van der Waals surface area contributed by atoms with Gasteiger partial charge in [-0.15, -0.1) is 5.10 Å². The second-order valence-electron chi connectivity index (χ2n) is 8.33. The number of amides is 2. The number of carbonyl (C=O) groups is 2. The van der Waals surface area contributed by atoms with E-state index in [0.717, 1.165) is 11.1 Å². The first-order valence-corrected chi connectivity index (χ1v) is 11.1. The molecule has 36 heavy (non-hydrogen) atoms. The molecule has 3 heterocycles. The Hall–Kier alpha value is -4.00. The molecule has 0 aliphatic carbocycles. The first-order chi connectivity index (χ1) is 17.2. The lowest BCUT2D eigenvalue weighted by Crippen LogP contribution is -2.48. The van der Waals surface area contributed by atoms with Crippen molar-refractivity contribution >= 4 is 11.8 Å². The van der Waals surface area contributed by atoms with Crippen molar-refractivity contribution in [2.75, 3.05) is 32.8 Å². The molecule has 13 heteroatoms. The highest BCUT2D eigenvalue weighted by atomic mass is 19.4. The van der Waals surface area contributed by atoms with Crippen LogP contribution in [-0.2, 0) is 13.1 Å². The van der Waals surface area contributed by atoms with Crippen molar-refractivity contribution in [1.29, 1.82) is 0 Å². The molecule has 3 aromatic rings. The van der Waals surface area contributed by atoms with E-state index in [2.05, 4.69) is 20.2 Å². The molecule has 1 aromatic carbocycles. The Balaban J connectivity index is 1.26. The second-order valence-corrected chi connectivity index (χ2v) is 8.33. The van der Waals surface area contributed by atoms with Crippen molar-refractivity contribution in [3.05, 3.63) is 71.3 Å². The highest BCUT2D eigenvalue weighted by Gasteiger charge is 2.28. The normalized spacial score (nSPS) is 14.6. The molecule has 190 valence electrons. The maximum Gasteiger partial charge on any atom is 0.422 e. The fourth-order valence-electron chi connectivity index (χ4n) is 3.75. The van der Waals surface area contributed by atoms with Crippen molar-refractivity contribution in [3.8, 4) is 5.75 Å². The molecule has 0 radical (unpaired) electrons. The smallest absolute Gasteiger partial charge is 0.422 e. The molecule has 0 saturated carbocycles. The van der Waals surface area contributed by atoms with E-state index in [-0.39, 0.29) is 23.0 Å². The Morgan fingerprint density at radius 1 is 0.972 bits per heavy atom. The number of nitrogens with two attached hydrogens (primary N) is 1. The molecule has 1 aliphatic heterocycles. The molecule has 1 fully saturated rings. The Morgan fingerprint density at radius 2 is 1.69 bits per heavy atom. The molecule has 1 aliphatic rings. The minimum Gasteiger partial charge on any atom is -0.484 e. The molecule has 2 aromatic heterocycles. The van der Waals surface area contributed by atoms with Gasteiger partial charge in [0.25, 0.3) is 11.8 Å². The van der Waals surface area contributed by atoms with Gasteiger partial charge >= 0.3 is 6.18 Å². The largest absolute Gasteiger partial charge is 0.484 e. The van der Waals surface area contributed by atoms with Gasteiger partial charge in [0.1, 0.15) is 11.4 Å². The van der Waals surface area contributed by atoms with E-state index >= 15 is 0 Å². The van der Waals surface area contributed by atoms with Crippen LogP contribution in [0.2, 0.25) is 0 Å². The van der Waals surface area contributed by atoms with Gasteiger partial charge in [-0.2, -0.15) is 13.2 Å². The molecule has 2 amide bonds. The maximum absolute atomic E-state index is 12.9. The number of ether oxygens (including phenoxy) is 1. The SMILES string of the molecule is NC(=O)c1cc(Cn2cc(C(=O)N3CCN(Cc4ccc(OCC(F)(F)F)cc4)CC3)nn2)ccn1. The van der Waals surface area contributed by atoms with Crippen LogP contribution in [0.3, 0.4) is 0 Å². The number of alkyl halides is 3. The summed E-state index contributed by atoms with van der Waals surface area (Å²) >= 11 is 0. The first kappa shape index (κ1) is 25.1. The van der Waals surface area contributed by atoms with Crippen LogP contribution in [0.5, 0.6) is 5.75 Å². The monoisotopic (exact) mass is 503 g/mol. The molecule has 0 atom stereocenters. The standard InChI is InChI=1S/C23H24F3N7O3/c24-23(25,26)15-36-18-3-1-16(2-4-18)12-31-7-9-32(10-8-31)22(35)20-14-33(30-29-20)13-17-5-6-28-19(11-17)21(27)34/h1-6,11,14H,7-10,12-13,15H2,(H2,27,34). The van der Waals surface area contributed by atoms with Gasteiger partial charge in [0.2, 0.25) is 0 Å². The number of nitrogens with zero attached hydrogens (tertiary/aromatic N) is 6. The fourth-order valence-corrected chi connectivity index (χ4v) is 3.75. The molecule has 0 bridgehead atoms. The Kier molecular flexibility index (Phi) is 7.48. The van der Waals surface area contributed by atoms with Crippen molar-refractivity contribution in [3.63, 3.8) is 0 Å². The zero-order chi connectivity index (χ0) is 25.7. The maximum atomic E-state index is 12.9. The van der Waals surface area contributed by atoms with Crippen LogP contribution in [-0.4, -0.2) is 80.6 Å². The summed E-state index contributed by atoms with van der Waals surface area (Å²) in [5, 5.41) is 7.99. The number of primary amides is 1. The van der Waals surface area contributed by atoms with Gasteiger partial charge in [-0.1, -0.05) is 17.3 Å². The summed E-state index contributed by atoms with van der Waals surface area (Å²) in [4.78, 5) is 31.9. The molecule has 4 rings (SSSR count). The third-order valence-corrected chi connectivity index (χ3v) is 5.57. The van der Waals surface area contributed by atoms with E-state index in [4.69, 9.17) is 10.5 Å². The Bertz CT molecular complexity index is 1210. The van der Waals surface area contributed by atoms with Crippen LogP contribution < -0.4 is 10.5 Å². The van der Waals surface area contributed by atoms with Crippen molar-refractivity contribution < 1.29 is 27.5 Å². The molecular weight excluding hydrogens is 479 g/mol. The number of aromatic nitrogens is 4. The molecule has 1 saturated heterocycles. The summed E-state index contributed by atoms with van der Waals surface area (Å²) in [5.41, 5.74) is 7.31. The van der Waals surface area contributed by atoms with Crippen LogP contribution in [0, 0.1) is 0 Å². The predicted molar refractivity (Wildman–Crippen MR) is 121 cm³/mol. The lowest BCUT2D eigenvalue weighted by atomic mass is 10.2. The van der Waals surface area contributed by atoms with Gasteiger partial charge in [0.05, 0.1) is 12.7 Å². The third kappa shape index (κ3) is 6.78. The van der Waals surface area contributed by atoms with Gasteiger partial charge in [-0.05, 0) is 35.4 Å². The average molecular weight is 503 g/mol. The van der Waals surface area contributed by atoms with E-state index in [1.807, 2.05) is 0 Å². The number of piperazine rings is 1. The van der Waals surface area contributed by atoms with Gasteiger partial charge in [-0.25, -0.2) is 4.68 Å². The van der Waals surface area contributed by atoms with Crippen LogP contribution in [0.25, 0.3) is 0 Å². The summed E-state index contributed by atoms with van der Waals surface area (Å²) in [5.74, 6) is -0.686. The first-order valence-electron chi connectivity index (χ1n) is 11.1. The summed E-state index contributed by atoms with van der Waals surface area (Å²) in [7, 11) is 0. The highest BCUT2D eigenvalue weighted by molar-refractivity contribution is 5.92. The van der Waals surface area contributed by atoms with Crippen LogP contribution in [0.15, 0.2) is 48.8 Å². The lowest BCUT2D eigenvalue weighted by molar-refractivity contribution is -0.153. The quantitative estimate of drug-likeness (QED) is 0.497. The van der Waals surface area contributed by atoms with Gasteiger partial charge in [0, 0.05) is 38.9 Å². The summed E-state index contributed by atoms with van der Waals surface area (Å²) in [6, 6.07) is 9.79. The van der Waals surface area contributed by atoms with E-state index in [0.29, 0.717) is 39.3 Å². The minimum absolute atomic E-state index is 0.146. The number of hydrogen-bond acceptors (Lipinski definition) is 7. The summed E-state index contributed by atoms with van der Waals surface area (Å²) < 4.78 is 43.0. The van der Waals surface area contributed by atoms with Crippen LogP contribution in [0.4, 0.5) is 13.2 Å². The van der Waals surface area contributed by atoms with E-state index in [9.17, 15) is 22.8 Å². The molecule has 2 N–H and O–H groups in total. The van der Waals surface area contributed by atoms with Crippen molar-refractivity contribution in [1.82, 2.24) is 29.8 Å². The second kappa shape index (κ2) is 10.7. The zero-order valence-corrected chi connectivity index (χ0v) is 19.2. The Labute approximate surface area is 204 Å². The number of rotatable bonds is 8. The fraction of sp³-hybridized carbons (Fsp3) is 0.348. The number of benzene rings is 1. The average Bonchev–Trinajstić information content (AvgIpc) is 3.32. The third-order valence-electron chi connectivity index (χ3n) is 5.57. The molecule has 0 unspecified atom stereocenters. The highest BCUT2D eigenvalue weighted by Crippen LogP contribution is 2.20. The number of pyridine rings is 1. The lowest BCUT2D eigenvalue weighted by Gasteiger charge is -2.34. The van der Waals surface area contributed by atoms with E-state index in [1.165, 1.54) is 23.0 Å². The van der Waals surface area contributed by atoms with Gasteiger partial charge in [-0.3, -0.25) is 19.5 Å². The number of carbonyl (C=O) groups excluding carboxylic acids is 2. The number of halogens is 3. The summed E-state index contributed by atoms with van der Waals surface area (Å²) in [6.45, 7) is 1.87. The van der Waals surface area contributed by atoms with Crippen LogP contribution in [0.1, 0.15) is 32.1 Å². The number of hydrogen-bond donors (Lipinski definition) is 1. The van der Waals surface area contributed by atoms with E-state index < -0.39 is 18.7 Å². The zero-order valence-electron chi connectivity index (χ0n) is 19.2. The minimum atomic E-state index is -4.38. The van der Waals surface area contributed by atoms with E-state index in [1.54, 1.807) is 35.4 Å². The van der Waals surface area contributed by atoms with Gasteiger partial charge < -0.3 is 15.4 Å². The topological polar surface area (TPSA) is 119 Å². The van der Waals surface area contributed by atoms with Crippen LogP contribution >= 0.6 is 0 Å². The molecular formula is C23H24F3N7O3. The molecule has 0 spiro atoms. The summed E-state index contributed by atoms with van der Waals surface area (Å²) in [6.07, 6.45) is -1.34. The Morgan fingerprint density at radius 3 is 2.36 bits per heavy atom. The van der Waals surface area contributed by atoms with Crippen molar-refractivity contribution in [2.45, 2.75) is 19.3 Å². The molecule has 10 nitrogen and oxygen atoms in total. The van der Waals surface area contributed by atoms with Crippen molar-refractivity contribution in [2.24, 2.45) is 5.73 Å². The predicted octanol–water partition coefficient (Wildman–Crippen LogP) is 1.72.